The van der Waals surface area contributed by atoms with E-state index in [-0.39, 0.29) is 24.4 Å². The second-order valence-electron chi connectivity index (χ2n) is 5.65. The van der Waals surface area contributed by atoms with Crippen LogP contribution in [0.4, 0.5) is 0 Å². The molecule has 0 aliphatic carbocycles. The highest BCUT2D eigenvalue weighted by atomic mass is 32.1. The first kappa shape index (κ1) is 17.3. The summed E-state index contributed by atoms with van der Waals surface area (Å²) in [6.45, 7) is 4.46. The average molecular weight is 357 g/mol. The number of nitrogens with one attached hydrogen (secondary N) is 1. The van der Waals surface area contributed by atoms with Gasteiger partial charge in [-0.2, -0.15) is 0 Å². The molecule has 7 heteroatoms. The van der Waals surface area contributed by atoms with Crippen LogP contribution in [0.25, 0.3) is 21.3 Å². The van der Waals surface area contributed by atoms with E-state index in [1.54, 1.807) is 6.92 Å². The van der Waals surface area contributed by atoms with Gasteiger partial charge in [-0.3, -0.25) is 19.0 Å². The van der Waals surface area contributed by atoms with Gasteiger partial charge in [-0.25, -0.2) is 10.5 Å². The van der Waals surface area contributed by atoms with Crippen molar-refractivity contribution in [1.29, 1.82) is 0 Å². The molecule has 2 aromatic heterocycles. The molecule has 0 spiro atoms. The van der Waals surface area contributed by atoms with E-state index >= 15 is 0 Å². The van der Waals surface area contributed by atoms with Crippen LogP contribution in [-0.4, -0.2) is 22.1 Å². The first-order valence-corrected chi connectivity index (χ1v) is 8.92. The molecule has 0 saturated carbocycles. The number of fused-ring (bicyclic) bond motifs is 1. The number of hydrogen-bond acceptors (Lipinski definition) is 5. The van der Waals surface area contributed by atoms with E-state index in [9.17, 15) is 9.59 Å². The van der Waals surface area contributed by atoms with E-state index in [1.807, 2.05) is 36.6 Å². The summed E-state index contributed by atoms with van der Waals surface area (Å²) in [4.78, 5) is 34.4. The van der Waals surface area contributed by atoms with Crippen LogP contribution in [0, 0.1) is 6.92 Å². The molecule has 0 saturated heterocycles. The fourth-order valence-corrected chi connectivity index (χ4v) is 3.40. The third kappa shape index (κ3) is 3.78. The van der Waals surface area contributed by atoms with Crippen molar-refractivity contribution in [3.63, 3.8) is 0 Å². The number of aromatic nitrogens is 2. The van der Waals surface area contributed by atoms with Crippen LogP contribution in [0.15, 0.2) is 40.8 Å². The molecule has 0 atom stereocenters. The fourth-order valence-electron chi connectivity index (χ4n) is 2.50. The Morgan fingerprint density at radius 2 is 2.08 bits per heavy atom. The molecule has 1 N–H and O–H groups in total. The number of carbonyl (C=O) groups excluding carboxylic acids is 1. The predicted octanol–water partition coefficient (Wildman–Crippen LogP) is 2.89. The van der Waals surface area contributed by atoms with Gasteiger partial charge in [0, 0.05) is 23.9 Å². The molecule has 1 aromatic carbocycles. The molecule has 130 valence electrons. The largest absolute Gasteiger partial charge is 0.298 e. The highest BCUT2D eigenvalue weighted by Gasteiger charge is 2.13. The third-order valence-corrected chi connectivity index (χ3v) is 4.72. The number of carbonyl (C=O) groups is 1. The van der Waals surface area contributed by atoms with Gasteiger partial charge < -0.3 is 0 Å². The number of hydroxylamine groups is 1. The van der Waals surface area contributed by atoms with Gasteiger partial charge >= 0.3 is 0 Å². The minimum Gasteiger partial charge on any atom is -0.298 e. The first-order valence-electron chi connectivity index (χ1n) is 8.04. The van der Waals surface area contributed by atoms with Crippen molar-refractivity contribution >= 4 is 27.5 Å². The van der Waals surface area contributed by atoms with E-state index in [0.29, 0.717) is 16.8 Å². The number of hydrogen-bond donors (Lipinski definition) is 1. The van der Waals surface area contributed by atoms with Crippen LogP contribution in [0.2, 0.25) is 0 Å². The van der Waals surface area contributed by atoms with Crippen molar-refractivity contribution in [3.8, 4) is 11.1 Å². The summed E-state index contributed by atoms with van der Waals surface area (Å²) in [7, 11) is 0. The zero-order valence-electron chi connectivity index (χ0n) is 14.1. The van der Waals surface area contributed by atoms with E-state index < -0.39 is 0 Å². The van der Waals surface area contributed by atoms with Crippen LogP contribution in [0.3, 0.4) is 0 Å². The molecule has 3 aromatic rings. The van der Waals surface area contributed by atoms with Crippen LogP contribution in [0.1, 0.15) is 18.9 Å². The van der Waals surface area contributed by atoms with E-state index in [1.165, 1.54) is 27.8 Å². The van der Waals surface area contributed by atoms with E-state index in [4.69, 9.17) is 4.84 Å². The molecule has 1 amide bonds. The Bertz CT molecular complexity index is 944. The lowest BCUT2D eigenvalue weighted by molar-refractivity contribution is -0.133. The van der Waals surface area contributed by atoms with Crippen molar-refractivity contribution < 1.29 is 9.63 Å². The summed E-state index contributed by atoms with van der Waals surface area (Å²) >= 11 is 1.45. The number of nitrogens with zero attached hydrogens (tertiary/aromatic N) is 2. The van der Waals surface area contributed by atoms with Crippen LogP contribution in [-0.2, 0) is 16.2 Å². The van der Waals surface area contributed by atoms with Crippen molar-refractivity contribution in [2.24, 2.45) is 0 Å². The minimum atomic E-state index is -0.266. The zero-order valence-corrected chi connectivity index (χ0v) is 14.9. The maximum absolute atomic E-state index is 12.8. The lowest BCUT2D eigenvalue weighted by Gasteiger charge is -2.07. The molecule has 2 heterocycles. The average Bonchev–Trinajstić information content (AvgIpc) is 3.05. The number of benzene rings is 1. The summed E-state index contributed by atoms with van der Waals surface area (Å²) in [5.41, 5.74) is 5.23. The van der Waals surface area contributed by atoms with Gasteiger partial charge in [0.2, 0.25) is 5.91 Å². The molecule has 6 nitrogen and oxygen atoms in total. The second-order valence-corrected chi connectivity index (χ2v) is 6.51. The van der Waals surface area contributed by atoms with Gasteiger partial charge in [-0.15, -0.1) is 11.3 Å². The smallest absolute Gasteiger partial charge is 0.262 e. The van der Waals surface area contributed by atoms with Gasteiger partial charge in [0.25, 0.3) is 5.56 Å². The predicted molar refractivity (Wildman–Crippen MR) is 98.4 cm³/mol. The van der Waals surface area contributed by atoms with Crippen LogP contribution >= 0.6 is 11.3 Å². The maximum Gasteiger partial charge on any atom is 0.262 e. The summed E-state index contributed by atoms with van der Waals surface area (Å²) < 4.78 is 1.47. The lowest BCUT2D eigenvalue weighted by Crippen LogP contribution is -2.27. The Morgan fingerprint density at radius 1 is 1.32 bits per heavy atom. The molecule has 0 fully saturated rings. The Labute approximate surface area is 149 Å². The molecule has 0 aliphatic heterocycles. The molecule has 0 radical (unpaired) electrons. The van der Waals surface area contributed by atoms with E-state index in [2.05, 4.69) is 10.5 Å². The molecular weight excluding hydrogens is 338 g/mol. The van der Waals surface area contributed by atoms with Gasteiger partial charge in [0.1, 0.15) is 4.83 Å². The maximum atomic E-state index is 12.8. The molecule has 25 heavy (non-hydrogen) atoms. The third-order valence-electron chi connectivity index (χ3n) is 3.83. The van der Waals surface area contributed by atoms with Crippen molar-refractivity contribution in [2.75, 3.05) is 6.61 Å². The monoisotopic (exact) mass is 357 g/mol. The molecule has 0 unspecified atom stereocenters. The Kier molecular flexibility index (Phi) is 5.25. The summed E-state index contributed by atoms with van der Waals surface area (Å²) in [5, 5.41) is 2.55. The van der Waals surface area contributed by atoms with Crippen LogP contribution < -0.4 is 11.0 Å². The fraction of sp³-hybridized carbons (Fsp3) is 0.278. The minimum absolute atomic E-state index is 0.133. The van der Waals surface area contributed by atoms with Gasteiger partial charge in [0.05, 0.1) is 18.3 Å². The van der Waals surface area contributed by atoms with Crippen molar-refractivity contribution in [2.45, 2.75) is 26.8 Å². The van der Waals surface area contributed by atoms with Gasteiger partial charge in [-0.05, 0) is 19.4 Å². The highest BCUT2D eigenvalue weighted by molar-refractivity contribution is 7.17. The Hall–Kier alpha value is -2.51. The van der Waals surface area contributed by atoms with Gasteiger partial charge in [0.15, 0.2) is 0 Å². The Balaban J connectivity index is 1.91. The first-order chi connectivity index (χ1) is 12.1. The summed E-state index contributed by atoms with van der Waals surface area (Å²) in [6, 6.07) is 8.05. The number of aryl methyl sites for hydroxylation is 2. The molecule has 3 rings (SSSR count). The number of thiophene rings is 1. The number of rotatable bonds is 6. The van der Waals surface area contributed by atoms with Gasteiger partial charge in [-0.1, -0.05) is 29.8 Å². The SMILES string of the molecule is CCONC(=O)CCn1cnc2scc(-c3ccc(C)cc3)c2c1=O. The van der Waals surface area contributed by atoms with Crippen molar-refractivity contribution in [3.05, 3.63) is 51.9 Å². The lowest BCUT2D eigenvalue weighted by atomic mass is 10.1. The van der Waals surface area contributed by atoms with E-state index in [0.717, 1.165) is 11.1 Å². The second kappa shape index (κ2) is 7.58. The quantitative estimate of drug-likeness (QED) is 0.689. The molecule has 0 bridgehead atoms. The van der Waals surface area contributed by atoms with Crippen LogP contribution in [0.5, 0.6) is 0 Å². The highest BCUT2D eigenvalue weighted by Crippen LogP contribution is 2.30. The standard InChI is InChI=1S/C18H19N3O3S/c1-3-24-20-15(22)8-9-21-11-19-17-16(18(21)23)14(10-25-17)13-6-4-12(2)5-7-13/h4-7,10-11H,3,8-9H2,1-2H3,(H,20,22). The topological polar surface area (TPSA) is 73.2 Å². The number of amides is 1. The van der Waals surface area contributed by atoms with Crippen molar-refractivity contribution in [1.82, 2.24) is 15.0 Å². The Morgan fingerprint density at radius 3 is 2.80 bits per heavy atom. The normalized spacial score (nSPS) is 11.0. The summed E-state index contributed by atoms with van der Waals surface area (Å²) in [6.07, 6.45) is 1.64. The molecular formula is C18H19N3O3S. The summed E-state index contributed by atoms with van der Waals surface area (Å²) in [5.74, 6) is -0.266. The zero-order chi connectivity index (χ0) is 17.8. The molecule has 0 aliphatic rings.